The van der Waals surface area contributed by atoms with Crippen LogP contribution in [0.15, 0.2) is 97.2 Å². The Morgan fingerprint density at radius 2 is 0.952 bits per heavy atom. The number of aliphatic hydroxyl groups excluding tert-OH is 2. The Hall–Kier alpha value is -3.22. The summed E-state index contributed by atoms with van der Waals surface area (Å²) in [6.45, 7) is 6.27. The van der Waals surface area contributed by atoms with Crippen molar-refractivity contribution < 1.29 is 24.5 Å². The first-order valence-electron chi connectivity index (χ1n) is 25.5. The molecule has 0 aromatic carbocycles. The van der Waals surface area contributed by atoms with Gasteiger partial charge in [-0.05, 0) is 70.6 Å². The van der Waals surface area contributed by atoms with Gasteiger partial charge in [-0.15, -0.1) is 0 Å². The van der Waals surface area contributed by atoms with Gasteiger partial charge in [-0.25, -0.2) is 0 Å². The van der Waals surface area contributed by atoms with Gasteiger partial charge >= 0.3 is 5.97 Å². The maximum Gasteiger partial charge on any atom is 0.306 e. The summed E-state index contributed by atoms with van der Waals surface area (Å²) >= 11 is 0. The molecular weight excluding hydrogens is 767 g/mol. The van der Waals surface area contributed by atoms with E-state index in [-0.39, 0.29) is 24.9 Å². The molecule has 0 radical (unpaired) electrons. The van der Waals surface area contributed by atoms with E-state index in [4.69, 9.17) is 4.74 Å². The zero-order valence-corrected chi connectivity index (χ0v) is 40.2. The summed E-state index contributed by atoms with van der Waals surface area (Å²) in [4.78, 5) is 26.1. The fraction of sp³-hybridized carbons (Fsp3) is 0.679. The minimum atomic E-state index is -0.813. The van der Waals surface area contributed by atoms with Crippen LogP contribution in [0.2, 0.25) is 0 Å². The second kappa shape index (κ2) is 48.8. The summed E-state index contributed by atoms with van der Waals surface area (Å²) in [6.07, 6.45) is 64.6. The van der Waals surface area contributed by atoms with E-state index in [1.807, 2.05) is 60.8 Å². The molecule has 0 aromatic heterocycles. The van der Waals surface area contributed by atoms with Crippen molar-refractivity contribution in [2.45, 2.75) is 238 Å². The number of aliphatic hydroxyl groups is 2. The first-order valence-corrected chi connectivity index (χ1v) is 25.5. The van der Waals surface area contributed by atoms with Gasteiger partial charge in [-0.1, -0.05) is 234 Å². The number of esters is 1. The first kappa shape index (κ1) is 58.8. The highest BCUT2D eigenvalue weighted by Crippen LogP contribution is 2.16. The van der Waals surface area contributed by atoms with Gasteiger partial charge in [0.1, 0.15) is 6.10 Å². The predicted octanol–water partition coefficient (Wildman–Crippen LogP) is 15.3. The lowest BCUT2D eigenvalue weighted by Crippen LogP contribution is -2.46. The van der Waals surface area contributed by atoms with Crippen molar-refractivity contribution in [1.29, 1.82) is 0 Å². The number of rotatable bonds is 44. The fourth-order valence-corrected chi connectivity index (χ4v) is 7.20. The van der Waals surface area contributed by atoms with Crippen LogP contribution in [0.5, 0.6) is 0 Å². The van der Waals surface area contributed by atoms with E-state index in [1.54, 1.807) is 0 Å². The van der Waals surface area contributed by atoms with E-state index in [1.165, 1.54) is 103 Å². The lowest BCUT2D eigenvalue weighted by atomic mass is 10.0. The molecule has 0 aliphatic heterocycles. The van der Waals surface area contributed by atoms with Crippen LogP contribution in [0, 0.1) is 0 Å². The Morgan fingerprint density at radius 3 is 1.50 bits per heavy atom. The van der Waals surface area contributed by atoms with Gasteiger partial charge in [0.15, 0.2) is 0 Å². The number of unbranched alkanes of at least 4 members (excludes halogenated alkanes) is 21. The molecule has 354 valence electrons. The number of amides is 1. The number of carbonyl (C=O) groups is 2. The van der Waals surface area contributed by atoms with Gasteiger partial charge in [0.25, 0.3) is 0 Å². The second-order valence-electron chi connectivity index (χ2n) is 17.0. The zero-order valence-electron chi connectivity index (χ0n) is 40.2. The molecule has 62 heavy (non-hydrogen) atoms. The fourth-order valence-electron chi connectivity index (χ4n) is 7.20. The smallest absolute Gasteiger partial charge is 0.306 e. The van der Waals surface area contributed by atoms with Crippen molar-refractivity contribution in [3.8, 4) is 0 Å². The van der Waals surface area contributed by atoms with Crippen LogP contribution in [-0.4, -0.2) is 46.9 Å². The quantitative estimate of drug-likeness (QED) is 0.0245. The molecule has 0 bridgehead atoms. The number of ether oxygens (including phenoxy) is 1. The summed E-state index contributed by atoms with van der Waals surface area (Å²) in [7, 11) is 0. The molecule has 0 aliphatic rings. The molecule has 0 rings (SSSR count). The zero-order chi connectivity index (χ0) is 45.2. The van der Waals surface area contributed by atoms with Crippen LogP contribution in [0.4, 0.5) is 0 Å². The highest BCUT2D eigenvalue weighted by Gasteiger charge is 2.24. The maximum atomic E-state index is 13.2. The molecule has 0 saturated carbocycles. The van der Waals surface area contributed by atoms with E-state index < -0.39 is 18.2 Å². The summed E-state index contributed by atoms with van der Waals surface area (Å²) in [5.41, 5.74) is 0. The summed E-state index contributed by atoms with van der Waals surface area (Å²) in [5, 5.41) is 23.7. The lowest BCUT2D eigenvalue weighted by Gasteiger charge is -2.24. The largest absolute Gasteiger partial charge is 0.462 e. The van der Waals surface area contributed by atoms with Crippen molar-refractivity contribution in [3.05, 3.63) is 97.2 Å². The average Bonchev–Trinajstić information content (AvgIpc) is 3.26. The molecule has 6 nitrogen and oxygen atoms in total. The van der Waals surface area contributed by atoms with Gasteiger partial charge in [0.2, 0.25) is 5.91 Å². The Bertz CT molecular complexity index is 1240. The van der Waals surface area contributed by atoms with Crippen molar-refractivity contribution in [2.75, 3.05) is 6.61 Å². The maximum absolute atomic E-state index is 13.2. The molecule has 0 heterocycles. The minimum absolute atomic E-state index is 0.0182. The van der Waals surface area contributed by atoms with Crippen LogP contribution in [0.1, 0.15) is 220 Å². The second-order valence-corrected chi connectivity index (χ2v) is 17.0. The minimum Gasteiger partial charge on any atom is -0.462 e. The van der Waals surface area contributed by atoms with Gasteiger partial charge < -0.3 is 20.3 Å². The van der Waals surface area contributed by atoms with Gasteiger partial charge in [-0.2, -0.15) is 0 Å². The highest BCUT2D eigenvalue weighted by molar-refractivity contribution is 5.77. The van der Waals surface area contributed by atoms with Gasteiger partial charge in [0.05, 0.1) is 25.2 Å². The highest BCUT2D eigenvalue weighted by atomic mass is 16.5. The van der Waals surface area contributed by atoms with Crippen LogP contribution in [-0.2, 0) is 14.3 Å². The third-order valence-corrected chi connectivity index (χ3v) is 11.1. The number of allylic oxidation sites excluding steroid dienone is 16. The lowest BCUT2D eigenvalue weighted by molar-refractivity contribution is -0.151. The number of hydrogen-bond donors (Lipinski definition) is 3. The molecule has 3 N–H and O–H groups in total. The Labute approximate surface area is 382 Å². The molecular formula is C56H95NO5. The standard InChI is InChI=1S/C56H95NO5/c1-4-7-10-13-16-19-22-24-26-27-29-31-34-37-40-43-46-49-56(61)62-52(47-44-41-38-35-33-30-28-25-23-20-17-14-11-8-5-2)50-55(60)57-53(51-58)54(59)48-45-42-39-36-32-21-18-15-12-9-6-3/h8,11,14,16-17,19-20,23-26,28,30,33,35,38,52-54,58-59H,4-7,9-10,12-13,15,18,21-22,27,29,31-32,34,36-37,39-51H2,1-3H3,(H,57,60)/b11-8-,17-14+,19-16-,23-20+,26-24-,28-25-,33-30+,38-35+. The summed E-state index contributed by atoms with van der Waals surface area (Å²) in [6, 6.07) is -0.732. The Kier molecular flexibility index (Phi) is 46.3. The normalized spacial score (nSPS) is 14.1. The Balaban J connectivity index is 4.75. The third kappa shape index (κ3) is 43.4. The Morgan fingerprint density at radius 1 is 0.500 bits per heavy atom. The SMILES string of the molecule is CC\C=C/C=C/C=C/C=C\C=C\C=C\CCCC(CC(=O)NC(CO)C(O)CCCCCCCCCCCCC)OC(=O)CCCCCCCCC/C=C\C/C=C\CCCCC. The van der Waals surface area contributed by atoms with E-state index >= 15 is 0 Å². The van der Waals surface area contributed by atoms with Crippen LogP contribution >= 0.6 is 0 Å². The predicted molar refractivity (Wildman–Crippen MR) is 268 cm³/mol. The van der Waals surface area contributed by atoms with Crippen LogP contribution < -0.4 is 5.32 Å². The molecule has 0 fully saturated rings. The number of hydrogen-bond acceptors (Lipinski definition) is 5. The topological polar surface area (TPSA) is 95.9 Å². The van der Waals surface area contributed by atoms with Crippen LogP contribution in [0.3, 0.4) is 0 Å². The molecule has 0 saturated heterocycles. The molecule has 3 atom stereocenters. The molecule has 3 unspecified atom stereocenters. The summed E-state index contributed by atoms with van der Waals surface area (Å²) < 4.78 is 5.89. The molecule has 0 spiro atoms. The molecule has 1 amide bonds. The van der Waals surface area contributed by atoms with Crippen molar-refractivity contribution in [3.63, 3.8) is 0 Å². The molecule has 0 aliphatic carbocycles. The van der Waals surface area contributed by atoms with E-state index in [0.717, 1.165) is 70.6 Å². The molecule has 0 aromatic rings. The summed E-state index contributed by atoms with van der Waals surface area (Å²) in [5.74, 6) is -0.565. The van der Waals surface area contributed by atoms with E-state index in [2.05, 4.69) is 62.5 Å². The first-order chi connectivity index (χ1) is 30.5. The number of carbonyl (C=O) groups excluding carboxylic acids is 2. The van der Waals surface area contributed by atoms with Crippen molar-refractivity contribution >= 4 is 11.9 Å². The van der Waals surface area contributed by atoms with Crippen molar-refractivity contribution in [2.24, 2.45) is 0 Å². The van der Waals surface area contributed by atoms with Gasteiger partial charge in [0, 0.05) is 6.42 Å². The molecule has 6 heteroatoms. The van der Waals surface area contributed by atoms with E-state index in [0.29, 0.717) is 19.3 Å². The van der Waals surface area contributed by atoms with Crippen LogP contribution in [0.25, 0.3) is 0 Å². The third-order valence-electron chi connectivity index (χ3n) is 11.1. The van der Waals surface area contributed by atoms with Crippen molar-refractivity contribution in [1.82, 2.24) is 5.32 Å². The average molecular weight is 862 g/mol. The van der Waals surface area contributed by atoms with Gasteiger partial charge in [-0.3, -0.25) is 9.59 Å². The monoisotopic (exact) mass is 862 g/mol. The number of nitrogens with one attached hydrogen (secondary N) is 1. The van der Waals surface area contributed by atoms with E-state index in [9.17, 15) is 19.8 Å².